The van der Waals surface area contributed by atoms with E-state index in [2.05, 4.69) is 15.9 Å². The first-order valence-corrected chi connectivity index (χ1v) is 3.85. The molecule has 0 aromatic carbocycles. The van der Waals surface area contributed by atoms with Crippen LogP contribution in [0, 0.1) is 0 Å². The lowest BCUT2D eigenvalue weighted by atomic mass is 10.1. The first kappa shape index (κ1) is 7.82. The average Bonchev–Trinajstić information content (AvgIpc) is 1.94. The molecule has 0 aromatic rings. The lowest BCUT2D eigenvalue weighted by molar-refractivity contribution is 0.0961. The molecule has 1 unspecified atom stereocenters. The molecule has 1 atom stereocenters. The summed E-state index contributed by atoms with van der Waals surface area (Å²) in [5, 5.41) is 8.77. The van der Waals surface area contributed by atoms with Crippen molar-refractivity contribution in [3.05, 3.63) is 22.4 Å². The molecular weight excluding hydrogens is 196 g/mol. The summed E-state index contributed by atoms with van der Waals surface area (Å²) >= 11 is 3.18. The predicted molar refractivity (Wildman–Crippen MR) is 42.7 cm³/mol. The van der Waals surface area contributed by atoms with E-state index in [4.69, 9.17) is 9.84 Å². The van der Waals surface area contributed by atoms with Gasteiger partial charge < -0.3 is 9.84 Å². The number of aliphatic hydroxyl groups is 1. The number of ether oxygens (including phenoxy) is 1. The summed E-state index contributed by atoms with van der Waals surface area (Å²) in [4.78, 5) is 0. The molecule has 0 bridgehead atoms. The van der Waals surface area contributed by atoms with Crippen LogP contribution in [0.25, 0.3) is 0 Å². The maximum atomic E-state index is 8.77. The van der Waals surface area contributed by atoms with Gasteiger partial charge >= 0.3 is 0 Å². The Labute approximate surface area is 68.3 Å². The van der Waals surface area contributed by atoms with Gasteiger partial charge in [0.05, 0.1) is 6.61 Å². The molecule has 0 aromatic heterocycles. The fourth-order valence-corrected chi connectivity index (χ4v) is 1.11. The lowest BCUT2D eigenvalue weighted by Crippen LogP contribution is -2.19. The van der Waals surface area contributed by atoms with Crippen LogP contribution in [0.2, 0.25) is 0 Å². The molecule has 1 aliphatic heterocycles. The number of allylic oxidation sites excluding steroid dienone is 2. The molecule has 0 fully saturated rings. The zero-order valence-corrected chi connectivity index (χ0v) is 7.26. The predicted octanol–water partition coefficient (Wildman–Crippen LogP) is 1.56. The molecule has 0 saturated carbocycles. The van der Waals surface area contributed by atoms with E-state index in [0.29, 0.717) is 4.67 Å². The summed E-state index contributed by atoms with van der Waals surface area (Å²) in [7, 11) is 0. The van der Waals surface area contributed by atoms with Gasteiger partial charge in [-0.05, 0) is 34.5 Å². The molecule has 0 radical (unpaired) electrons. The molecule has 10 heavy (non-hydrogen) atoms. The quantitative estimate of drug-likeness (QED) is 0.703. The van der Waals surface area contributed by atoms with Gasteiger partial charge in [0.1, 0.15) is 6.10 Å². The fraction of sp³-hybridized carbons (Fsp3) is 0.429. The molecule has 3 heteroatoms. The number of halogens is 1. The molecule has 0 amide bonds. The standard InChI is InChI=1S/C7H9BrO2/c1-5-2-3-7(8)10-6(5)4-9/h2-3,6,9H,4H2,1H3. The van der Waals surface area contributed by atoms with Crippen molar-refractivity contribution in [1.29, 1.82) is 0 Å². The maximum Gasteiger partial charge on any atom is 0.163 e. The summed E-state index contributed by atoms with van der Waals surface area (Å²) in [6, 6.07) is 0. The molecule has 56 valence electrons. The van der Waals surface area contributed by atoms with Gasteiger partial charge in [-0.2, -0.15) is 0 Å². The van der Waals surface area contributed by atoms with Crippen molar-refractivity contribution < 1.29 is 9.84 Å². The summed E-state index contributed by atoms with van der Waals surface area (Å²) in [5.74, 6) is 0. The average molecular weight is 205 g/mol. The van der Waals surface area contributed by atoms with E-state index < -0.39 is 0 Å². The maximum absolute atomic E-state index is 8.77. The Morgan fingerprint density at radius 1 is 1.70 bits per heavy atom. The third-order valence-electron chi connectivity index (χ3n) is 1.41. The van der Waals surface area contributed by atoms with Crippen molar-refractivity contribution >= 4 is 15.9 Å². The smallest absolute Gasteiger partial charge is 0.163 e. The number of hydrogen-bond donors (Lipinski definition) is 1. The Morgan fingerprint density at radius 3 is 2.90 bits per heavy atom. The Balaban J connectivity index is 2.68. The van der Waals surface area contributed by atoms with Crippen LogP contribution in [0.3, 0.4) is 0 Å². The highest BCUT2D eigenvalue weighted by Crippen LogP contribution is 2.20. The summed E-state index contributed by atoms with van der Waals surface area (Å²) in [5.41, 5.74) is 1.05. The van der Waals surface area contributed by atoms with E-state index in [0.717, 1.165) is 5.57 Å². The van der Waals surface area contributed by atoms with E-state index in [-0.39, 0.29) is 12.7 Å². The lowest BCUT2D eigenvalue weighted by Gasteiger charge is -2.19. The summed E-state index contributed by atoms with van der Waals surface area (Å²) < 4.78 is 5.89. The molecule has 1 rings (SSSR count). The second kappa shape index (κ2) is 3.21. The minimum absolute atomic E-state index is 0.0330. The van der Waals surface area contributed by atoms with Crippen LogP contribution < -0.4 is 0 Å². The van der Waals surface area contributed by atoms with Gasteiger partial charge in [-0.1, -0.05) is 6.08 Å². The Kier molecular flexibility index (Phi) is 2.51. The van der Waals surface area contributed by atoms with Crippen molar-refractivity contribution in [2.24, 2.45) is 0 Å². The van der Waals surface area contributed by atoms with Crippen LogP contribution in [0.15, 0.2) is 22.4 Å². The first-order chi connectivity index (χ1) is 4.74. The van der Waals surface area contributed by atoms with E-state index >= 15 is 0 Å². The van der Waals surface area contributed by atoms with E-state index in [1.807, 2.05) is 19.1 Å². The van der Waals surface area contributed by atoms with Crippen LogP contribution in [0.5, 0.6) is 0 Å². The van der Waals surface area contributed by atoms with Gasteiger partial charge in [0.2, 0.25) is 0 Å². The van der Waals surface area contributed by atoms with Crippen LogP contribution in [0.1, 0.15) is 6.92 Å². The van der Waals surface area contributed by atoms with Crippen LogP contribution >= 0.6 is 15.9 Å². The number of hydrogen-bond acceptors (Lipinski definition) is 2. The monoisotopic (exact) mass is 204 g/mol. The van der Waals surface area contributed by atoms with Crippen molar-refractivity contribution in [3.8, 4) is 0 Å². The van der Waals surface area contributed by atoms with Gasteiger partial charge in [-0.3, -0.25) is 0 Å². The second-order valence-electron chi connectivity index (χ2n) is 2.17. The zero-order chi connectivity index (χ0) is 7.56. The van der Waals surface area contributed by atoms with E-state index in [9.17, 15) is 0 Å². The van der Waals surface area contributed by atoms with Gasteiger partial charge in [0.25, 0.3) is 0 Å². The highest BCUT2D eigenvalue weighted by Gasteiger charge is 2.13. The highest BCUT2D eigenvalue weighted by atomic mass is 79.9. The topological polar surface area (TPSA) is 29.5 Å². The Morgan fingerprint density at radius 2 is 2.40 bits per heavy atom. The fourth-order valence-electron chi connectivity index (χ4n) is 0.754. The minimum atomic E-state index is -0.167. The minimum Gasteiger partial charge on any atom is -0.477 e. The van der Waals surface area contributed by atoms with Gasteiger partial charge in [0, 0.05) is 0 Å². The number of rotatable bonds is 1. The van der Waals surface area contributed by atoms with E-state index in [1.165, 1.54) is 0 Å². The number of aliphatic hydroxyl groups excluding tert-OH is 1. The molecule has 0 spiro atoms. The van der Waals surface area contributed by atoms with Crippen molar-refractivity contribution in [2.75, 3.05) is 6.61 Å². The van der Waals surface area contributed by atoms with Crippen molar-refractivity contribution in [1.82, 2.24) is 0 Å². The Hall–Kier alpha value is -0.280. The van der Waals surface area contributed by atoms with Crippen LogP contribution in [-0.4, -0.2) is 17.8 Å². The van der Waals surface area contributed by atoms with Gasteiger partial charge in [0.15, 0.2) is 4.67 Å². The molecule has 0 saturated heterocycles. The van der Waals surface area contributed by atoms with Crippen molar-refractivity contribution in [3.63, 3.8) is 0 Å². The SMILES string of the molecule is CC1=CC=C(Br)OC1CO. The molecule has 0 aliphatic carbocycles. The van der Waals surface area contributed by atoms with Crippen LogP contribution in [-0.2, 0) is 4.74 Å². The molecule has 2 nitrogen and oxygen atoms in total. The Bertz CT molecular complexity index is 184. The molecule has 1 aliphatic rings. The third kappa shape index (κ3) is 1.61. The zero-order valence-electron chi connectivity index (χ0n) is 5.67. The van der Waals surface area contributed by atoms with Crippen molar-refractivity contribution in [2.45, 2.75) is 13.0 Å². The van der Waals surface area contributed by atoms with Gasteiger partial charge in [-0.15, -0.1) is 0 Å². The summed E-state index contributed by atoms with van der Waals surface area (Å²) in [6.45, 7) is 1.96. The largest absolute Gasteiger partial charge is 0.477 e. The van der Waals surface area contributed by atoms with Crippen LogP contribution in [0.4, 0.5) is 0 Å². The second-order valence-corrected chi connectivity index (χ2v) is 2.95. The highest BCUT2D eigenvalue weighted by molar-refractivity contribution is 9.11. The van der Waals surface area contributed by atoms with Gasteiger partial charge in [-0.25, -0.2) is 0 Å². The van der Waals surface area contributed by atoms with E-state index in [1.54, 1.807) is 0 Å². The third-order valence-corrected chi connectivity index (χ3v) is 1.86. The molecular formula is C7H9BrO2. The first-order valence-electron chi connectivity index (χ1n) is 3.05. The molecule has 1 N–H and O–H groups in total. The summed E-state index contributed by atoms with van der Waals surface area (Å²) in [6.07, 6.45) is 3.58. The normalized spacial score (nSPS) is 24.9. The molecule has 1 heterocycles.